The first-order valence-corrected chi connectivity index (χ1v) is 7.36. The van der Waals surface area contributed by atoms with E-state index in [1.54, 1.807) is 16.7 Å². The van der Waals surface area contributed by atoms with Crippen molar-refractivity contribution in [3.05, 3.63) is 38.0 Å². The van der Waals surface area contributed by atoms with E-state index in [-0.39, 0.29) is 11.9 Å². The van der Waals surface area contributed by atoms with Gasteiger partial charge in [0.15, 0.2) is 0 Å². The van der Waals surface area contributed by atoms with Crippen molar-refractivity contribution in [3.8, 4) is 0 Å². The summed E-state index contributed by atoms with van der Waals surface area (Å²) in [5.41, 5.74) is 7.37. The lowest BCUT2D eigenvalue weighted by Crippen LogP contribution is -2.23. The van der Waals surface area contributed by atoms with Gasteiger partial charge in [-0.1, -0.05) is 0 Å². The fourth-order valence-corrected chi connectivity index (χ4v) is 3.04. The van der Waals surface area contributed by atoms with Crippen molar-refractivity contribution in [1.29, 1.82) is 0 Å². The van der Waals surface area contributed by atoms with Crippen LogP contribution in [0.5, 0.6) is 0 Å². The molecule has 6 heteroatoms. The van der Waals surface area contributed by atoms with Gasteiger partial charge in [0.05, 0.1) is 12.6 Å². The molecule has 0 aromatic carbocycles. The Labute approximate surface area is 114 Å². The Morgan fingerprint density at radius 1 is 1.56 bits per heavy atom. The van der Waals surface area contributed by atoms with Crippen molar-refractivity contribution in [1.82, 2.24) is 10.3 Å². The highest BCUT2D eigenvalue weighted by atomic mass is 32.1. The van der Waals surface area contributed by atoms with Crippen LogP contribution in [0, 0.1) is 6.92 Å². The Hall–Kier alpha value is -1.24. The molecule has 0 spiro atoms. The number of thiazole rings is 1. The third kappa shape index (κ3) is 2.95. The Kier molecular flexibility index (Phi) is 4.11. The molecular weight excluding hydrogens is 266 g/mol. The summed E-state index contributed by atoms with van der Waals surface area (Å²) < 4.78 is 0. The Morgan fingerprint density at radius 3 is 2.89 bits per heavy atom. The molecule has 0 radical (unpaired) electrons. The Balaban J connectivity index is 1.97. The largest absolute Gasteiger partial charge is 0.346 e. The van der Waals surface area contributed by atoms with Crippen LogP contribution in [-0.2, 0) is 6.54 Å². The smallest absolute Gasteiger partial charge is 0.271 e. The van der Waals surface area contributed by atoms with Gasteiger partial charge in [-0.25, -0.2) is 4.98 Å². The second-order valence-electron chi connectivity index (χ2n) is 4.07. The molecule has 1 unspecified atom stereocenters. The maximum Gasteiger partial charge on any atom is 0.271 e. The zero-order chi connectivity index (χ0) is 13.1. The summed E-state index contributed by atoms with van der Waals surface area (Å²) in [6.45, 7) is 4.44. The van der Waals surface area contributed by atoms with Crippen LogP contribution < -0.4 is 11.1 Å². The van der Waals surface area contributed by atoms with Crippen LogP contribution in [0.2, 0.25) is 0 Å². The van der Waals surface area contributed by atoms with Gasteiger partial charge in [-0.3, -0.25) is 4.79 Å². The zero-order valence-electron chi connectivity index (χ0n) is 10.3. The minimum atomic E-state index is -0.147. The summed E-state index contributed by atoms with van der Waals surface area (Å²) in [4.78, 5) is 17.3. The molecule has 1 atom stereocenters. The van der Waals surface area contributed by atoms with E-state index in [0.29, 0.717) is 12.2 Å². The van der Waals surface area contributed by atoms with E-state index in [1.807, 2.05) is 25.3 Å². The third-order valence-corrected chi connectivity index (χ3v) is 4.59. The van der Waals surface area contributed by atoms with Gasteiger partial charge in [0.2, 0.25) is 0 Å². The van der Waals surface area contributed by atoms with Crippen molar-refractivity contribution >= 4 is 28.6 Å². The fourth-order valence-electron chi connectivity index (χ4n) is 1.44. The van der Waals surface area contributed by atoms with E-state index < -0.39 is 0 Å². The summed E-state index contributed by atoms with van der Waals surface area (Å²) in [5.74, 6) is -0.147. The highest BCUT2D eigenvalue weighted by Crippen LogP contribution is 2.17. The summed E-state index contributed by atoms with van der Waals surface area (Å²) in [6, 6.07) is 1.92. The molecule has 2 aromatic heterocycles. The maximum absolute atomic E-state index is 11.9. The van der Waals surface area contributed by atoms with E-state index >= 15 is 0 Å². The molecule has 96 valence electrons. The first-order valence-electron chi connectivity index (χ1n) is 5.60. The van der Waals surface area contributed by atoms with Gasteiger partial charge in [-0.15, -0.1) is 22.7 Å². The molecule has 0 aliphatic rings. The molecule has 3 N–H and O–H groups in total. The van der Waals surface area contributed by atoms with Crippen molar-refractivity contribution in [2.75, 3.05) is 0 Å². The van der Waals surface area contributed by atoms with Gasteiger partial charge in [0, 0.05) is 10.3 Å². The topological polar surface area (TPSA) is 68.0 Å². The lowest BCUT2D eigenvalue weighted by atomic mass is 10.3. The average molecular weight is 281 g/mol. The minimum absolute atomic E-state index is 0.129. The highest BCUT2D eigenvalue weighted by Gasteiger charge is 2.12. The molecule has 0 fully saturated rings. The van der Waals surface area contributed by atoms with Gasteiger partial charge < -0.3 is 11.1 Å². The second-order valence-corrected chi connectivity index (χ2v) is 5.96. The number of carbonyl (C=O) groups is 1. The predicted molar refractivity (Wildman–Crippen MR) is 74.9 cm³/mol. The number of nitrogens with one attached hydrogen (secondary N) is 1. The highest BCUT2D eigenvalue weighted by molar-refractivity contribution is 7.10. The van der Waals surface area contributed by atoms with Gasteiger partial charge in [-0.2, -0.15) is 0 Å². The van der Waals surface area contributed by atoms with Gasteiger partial charge in [0.1, 0.15) is 10.7 Å². The number of hydrogen-bond acceptors (Lipinski definition) is 5. The number of aryl methyl sites for hydroxylation is 1. The monoisotopic (exact) mass is 281 g/mol. The third-order valence-electron chi connectivity index (χ3n) is 2.52. The summed E-state index contributed by atoms with van der Waals surface area (Å²) >= 11 is 3.06. The standard InChI is InChI=1S/C12H15N3OS2/c1-7-3-4-17-10(7)5-14-11(16)9-6-18-12(15-9)8(2)13/h3-4,6,8H,5,13H2,1-2H3,(H,14,16). The van der Waals surface area contributed by atoms with Crippen LogP contribution in [0.4, 0.5) is 0 Å². The maximum atomic E-state index is 11.9. The van der Waals surface area contributed by atoms with Gasteiger partial charge in [0.25, 0.3) is 5.91 Å². The zero-order valence-corrected chi connectivity index (χ0v) is 11.9. The molecule has 2 rings (SSSR count). The fraction of sp³-hybridized carbons (Fsp3) is 0.333. The number of rotatable bonds is 4. The Bertz CT molecular complexity index is 545. The van der Waals surface area contributed by atoms with E-state index in [9.17, 15) is 4.79 Å². The number of amides is 1. The summed E-state index contributed by atoms with van der Waals surface area (Å²) in [5, 5.41) is 7.42. The molecule has 0 saturated carbocycles. The van der Waals surface area contributed by atoms with E-state index in [2.05, 4.69) is 10.3 Å². The van der Waals surface area contributed by atoms with E-state index in [1.165, 1.54) is 21.8 Å². The van der Waals surface area contributed by atoms with Crippen LogP contribution in [0.15, 0.2) is 16.8 Å². The Morgan fingerprint density at radius 2 is 2.33 bits per heavy atom. The molecule has 2 aromatic rings. The molecule has 0 aliphatic heterocycles. The second kappa shape index (κ2) is 5.60. The van der Waals surface area contributed by atoms with Crippen LogP contribution in [-0.4, -0.2) is 10.9 Å². The van der Waals surface area contributed by atoms with Crippen LogP contribution in [0.1, 0.15) is 38.9 Å². The number of hydrogen-bond donors (Lipinski definition) is 2. The normalized spacial score (nSPS) is 12.4. The first-order chi connectivity index (χ1) is 8.58. The van der Waals surface area contributed by atoms with E-state index in [4.69, 9.17) is 5.73 Å². The van der Waals surface area contributed by atoms with E-state index in [0.717, 1.165) is 5.01 Å². The summed E-state index contributed by atoms with van der Waals surface area (Å²) in [6.07, 6.45) is 0. The average Bonchev–Trinajstić information content (AvgIpc) is 2.94. The molecular formula is C12H15N3OS2. The molecule has 0 bridgehead atoms. The lowest BCUT2D eigenvalue weighted by Gasteiger charge is -2.02. The lowest BCUT2D eigenvalue weighted by molar-refractivity contribution is 0.0947. The van der Waals surface area contributed by atoms with Gasteiger partial charge in [-0.05, 0) is 30.9 Å². The molecule has 2 heterocycles. The summed E-state index contributed by atoms with van der Waals surface area (Å²) in [7, 11) is 0. The van der Waals surface area contributed by atoms with Crippen molar-refractivity contribution < 1.29 is 4.79 Å². The van der Waals surface area contributed by atoms with Gasteiger partial charge >= 0.3 is 0 Å². The number of nitrogens with two attached hydrogens (primary N) is 1. The molecule has 0 aliphatic carbocycles. The van der Waals surface area contributed by atoms with Crippen LogP contribution in [0.3, 0.4) is 0 Å². The number of aromatic nitrogens is 1. The molecule has 0 saturated heterocycles. The predicted octanol–water partition coefficient (Wildman–Crippen LogP) is 2.46. The number of thiophene rings is 1. The number of carbonyl (C=O) groups excluding carboxylic acids is 1. The van der Waals surface area contributed by atoms with Crippen molar-refractivity contribution in [2.45, 2.75) is 26.4 Å². The SMILES string of the molecule is Cc1ccsc1CNC(=O)c1csc(C(C)N)n1. The quantitative estimate of drug-likeness (QED) is 0.904. The molecule has 1 amide bonds. The van der Waals surface area contributed by atoms with Crippen LogP contribution in [0.25, 0.3) is 0 Å². The minimum Gasteiger partial charge on any atom is -0.346 e. The first kappa shape index (κ1) is 13.2. The van der Waals surface area contributed by atoms with Crippen molar-refractivity contribution in [3.63, 3.8) is 0 Å². The molecule has 4 nitrogen and oxygen atoms in total. The van der Waals surface area contributed by atoms with Crippen LogP contribution >= 0.6 is 22.7 Å². The molecule has 18 heavy (non-hydrogen) atoms. The van der Waals surface area contributed by atoms with Crippen molar-refractivity contribution in [2.24, 2.45) is 5.73 Å². The number of nitrogens with zero attached hydrogens (tertiary/aromatic N) is 1.